The summed E-state index contributed by atoms with van der Waals surface area (Å²) in [5.41, 5.74) is 0. The van der Waals surface area contributed by atoms with Crippen LogP contribution in [0, 0.1) is 0 Å². The molecule has 0 heterocycles. The summed E-state index contributed by atoms with van der Waals surface area (Å²) in [5, 5.41) is 7.72. The normalized spacial score (nSPS) is 6.17. The van der Waals surface area contributed by atoms with E-state index in [0.29, 0.717) is 0 Å². The SMILES string of the molecule is CCC(=O)O.[LiH]. The van der Waals surface area contributed by atoms with Gasteiger partial charge in [0.15, 0.2) is 0 Å². The van der Waals surface area contributed by atoms with Gasteiger partial charge in [0.1, 0.15) is 0 Å². The Hall–Kier alpha value is 0.0674. The number of hydrogen-bond donors (Lipinski definition) is 1. The molecule has 1 N–H and O–H groups in total. The molecule has 0 aromatic rings. The van der Waals surface area contributed by atoms with Crippen molar-refractivity contribution in [2.75, 3.05) is 0 Å². The summed E-state index contributed by atoms with van der Waals surface area (Å²) in [6.07, 6.45) is 0.222. The first-order valence-electron chi connectivity index (χ1n) is 1.49. The van der Waals surface area contributed by atoms with E-state index in [1.807, 2.05) is 0 Å². The zero-order valence-electron chi connectivity index (χ0n) is 3.06. The van der Waals surface area contributed by atoms with Gasteiger partial charge in [-0.3, -0.25) is 4.79 Å². The molecule has 0 unspecified atom stereocenters. The molecule has 0 amide bonds. The molecule has 0 aliphatic heterocycles. The molecule has 0 spiro atoms. The maximum atomic E-state index is 9.37. The van der Waals surface area contributed by atoms with E-state index >= 15 is 0 Å². The number of hydrogen-bond acceptors (Lipinski definition) is 1. The van der Waals surface area contributed by atoms with Gasteiger partial charge in [-0.1, -0.05) is 6.92 Å². The number of rotatable bonds is 1. The van der Waals surface area contributed by atoms with Crippen LogP contribution in [0.2, 0.25) is 0 Å². The molecule has 0 aliphatic rings. The summed E-state index contributed by atoms with van der Waals surface area (Å²) in [5.74, 6) is -0.745. The van der Waals surface area contributed by atoms with Crippen LogP contribution >= 0.6 is 0 Å². The predicted octanol–water partition coefficient (Wildman–Crippen LogP) is -0.167. The third-order valence-electron chi connectivity index (χ3n) is 0.302. The van der Waals surface area contributed by atoms with Gasteiger partial charge >= 0.3 is 24.8 Å². The van der Waals surface area contributed by atoms with Crippen molar-refractivity contribution in [2.24, 2.45) is 0 Å². The summed E-state index contributed by atoms with van der Waals surface area (Å²) in [4.78, 5) is 9.37. The minimum absolute atomic E-state index is 0. The van der Waals surface area contributed by atoms with Crippen molar-refractivity contribution in [2.45, 2.75) is 13.3 Å². The molecule has 0 radical (unpaired) electrons. The van der Waals surface area contributed by atoms with E-state index in [9.17, 15) is 4.79 Å². The van der Waals surface area contributed by atoms with Crippen molar-refractivity contribution in [3.05, 3.63) is 0 Å². The third-order valence-corrected chi connectivity index (χ3v) is 0.302. The number of carboxylic acids is 1. The van der Waals surface area contributed by atoms with Crippen LogP contribution in [0.3, 0.4) is 0 Å². The molecule has 0 aromatic carbocycles. The van der Waals surface area contributed by atoms with E-state index in [2.05, 4.69) is 0 Å². The standard InChI is InChI=1S/C3H6O2.Li.H/c1-2-3(4)5;;/h2H2,1H3,(H,4,5);;. The van der Waals surface area contributed by atoms with Crippen molar-refractivity contribution in [3.63, 3.8) is 0 Å². The van der Waals surface area contributed by atoms with Crippen LogP contribution in [-0.4, -0.2) is 29.9 Å². The zero-order chi connectivity index (χ0) is 4.28. The van der Waals surface area contributed by atoms with Gasteiger partial charge in [-0.15, -0.1) is 0 Å². The third kappa shape index (κ3) is 8.95. The average Bonchev–Trinajstić information content (AvgIpc) is 1.38. The van der Waals surface area contributed by atoms with Crippen LogP contribution in [0.1, 0.15) is 13.3 Å². The summed E-state index contributed by atoms with van der Waals surface area (Å²) in [6.45, 7) is 1.60. The van der Waals surface area contributed by atoms with Crippen LogP contribution in [0.4, 0.5) is 0 Å². The summed E-state index contributed by atoms with van der Waals surface area (Å²) >= 11 is 0. The van der Waals surface area contributed by atoms with E-state index in [1.165, 1.54) is 0 Å². The number of carbonyl (C=O) groups is 1. The Morgan fingerprint density at radius 3 is 2.00 bits per heavy atom. The van der Waals surface area contributed by atoms with Crippen molar-refractivity contribution in [1.29, 1.82) is 0 Å². The van der Waals surface area contributed by atoms with Crippen molar-refractivity contribution >= 4 is 24.8 Å². The second kappa shape index (κ2) is 5.07. The quantitative estimate of drug-likeness (QED) is 0.446. The molecule has 0 aliphatic carbocycles. The molecule has 3 heteroatoms. The molecular weight excluding hydrogens is 75.0 g/mol. The van der Waals surface area contributed by atoms with E-state index in [-0.39, 0.29) is 25.3 Å². The van der Waals surface area contributed by atoms with Gasteiger partial charge < -0.3 is 5.11 Å². The van der Waals surface area contributed by atoms with E-state index in [0.717, 1.165) is 0 Å². The first-order valence-corrected chi connectivity index (χ1v) is 1.49. The molecule has 0 aromatic heterocycles. The van der Waals surface area contributed by atoms with Crippen LogP contribution in [-0.2, 0) is 4.79 Å². The molecule has 0 saturated heterocycles. The first-order chi connectivity index (χ1) is 2.27. The van der Waals surface area contributed by atoms with Crippen LogP contribution < -0.4 is 0 Å². The van der Waals surface area contributed by atoms with Gasteiger partial charge in [0.2, 0.25) is 0 Å². The second-order valence-corrected chi connectivity index (χ2v) is 0.747. The molecule has 0 bridgehead atoms. The predicted molar refractivity (Wildman–Crippen MR) is 25.1 cm³/mol. The fraction of sp³-hybridized carbons (Fsp3) is 0.667. The second-order valence-electron chi connectivity index (χ2n) is 0.747. The molecular formula is C3H7LiO2. The molecule has 0 rings (SSSR count). The van der Waals surface area contributed by atoms with Crippen LogP contribution in [0.15, 0.2) is 0 Å². The average molecular weight is 82.0 g/mol. The Labute approximate surface area is 48.7 Å². The van der Waals surface area contributed by atoms with Gasteiger partial charge in [0.05, 0.1) is 0 Å². The van der Waals surface area contributed by atoms with Crippen LogP contribution in [0.25, 0.3) is 0 Å². The van der Waals surface area contributed by atoms with Gasteiger partial charge in [0, 0.05) is 6.42 Å². The number of aliphatic carboxylic acids is 1. The van der Waals surface area contributed by atoms with Gasteiger partial charge in [0.25, 0.3) is 0 Å². The van der Waals surface area contributed by atoms with E-state index < -0.39 is 5.97 Å². The van der Waals surface area contributed by atoms with E-state index in [1.54, 1.807) is 6.92 Å². The van der Waals surface area contributed by atoms with E-state index in [4.69, 9.17) is 5.11 Å². The summed E-state index contributed by atoms with van der Waals surface area (Å²) < 4.78 is 0. The molecule has 32 valence electrons. The summed E-state index contributed by atoms with van der Waals surface area (Å²) in [6, 6.07) is 0. The number of carboxylic acid groups (broad SMARTS) is 1. The molecule has 0 saturated carbocycles. The Morgan fingerprint density at radius 1 is 1.83 bits per heavy atom. The fourth-order valence-electron chi connectivity index (χ4n) is 0. The zero-order valence-corrected chi connectivity index (χ0v) is 3.06. The van der Waals surface area contributed by atoms with Crippen molar-refractivity contribution < 1.29 is 9.90 Å². The molecule has 0 atom stereocenters. The van der Waals surface area contributed by atoms with Crippen molar-refractivity contribution in [3.8, 4) is 0 Å². The topological polar surface area (TPSA) is 37.3 Å². The Balaban J connectivity index is 0. The molecule has 2 nitrogen and oxygen atoms in total. The monoisotopic (exact) mass is 82.1 g/mol. The first kappa shape index (κ1) is 9.42. The molecule has 0 fully saturated rings. The van der Waals surface area contributed by atoms with Crippen LogP contribution in [0.5, 0.6) is 0 Å². The maximum absolute atomic E-state index is 9.37. The van der Waals surface area contributed by atoms with Gasteiger partial charge in [-0.05, 0) is 0 Å². The minimum atomic E-state index is -0.745. The Kier molecular flexibility index (Phi) is 7.95. The Morgan fingerprint density at radius 2 is 2.00 bits per heavy atom. The van der Waals surface area contributed by atoms with Gasteiger partial charge in [-0.25, -0.2) is 0 Å². The molecule has 6 heavy (non-hydrogen) atoms. The fourth-order valence-corrected chi connectivity index (χ4v) is 0. The Bertz CT molecular complexity index is 44.1. The van der Waals surface area contributed by atoms with Gasteiger partial charge in [-0.2, -0.15) is 0 Å². The van der Waals surface area contributed by atoms with Crippen molar-refractivity contribution in [1.82, 2.24) is 0 Å². The summed E-state index contributed by atoms with van der Waals surface area (Å²) in [7, 11) is 0.